The van der Waals surface area contributed by atoms with E-state index in [1.807, 2.05) is 18.2 Å². The molecule has 0 spiro atoms. The zero-order valence-electron chi connectivity index (χ0n) is 11.3. The van der Waals surface area contributed by atoms with Gasteiger partial charge in [0, 0.05) is 5.56 Å². The quantitative estimate of drug-likeness (QED) is 0.910. The van der Waals surface area contributed by atoms with E-state index in [1.54, 1.807) is 23.5 Å². The fourth-order valence-corrected chi connectivity index (χ4v) is 5.19. The van der Waals surface area contributed by atoms with Gasteiger partial charge >= 0.3 is 0 Å². The Balaban J connectivity index is 1.71. The van der Waals surface area contributed by atoms with Crippen molar-refractivity contribution in [2.24, 2.45) is 0 Å². The number of nitrogens with one attached hydrogen (secondary N) is 1. The van der Waals surface area contributed by atoms with E-state index in [-0.39, 0.29) is 16.5 Å². The molecule has 1 atom stereocenters. The average molecular weight is 309 g/mol. The monoisotopic (exact) mass is 309 g/mol. The first-order chi connectivity index (χ1) is 9.84. The van der Waals surface area contributed by atoms with E-state index >= 15 is 0 Å². The van der Waals surface area contributed by atoms with Crippen LogP contribution in [0.2, 0.25) is 0 Å². The summed E-state index contributed by atoms with van der Waals surface area (Å²) in [5.41, 5.74) is 1.11. The Labute approximate surface area is 128 Å². The van der Waals surface area contributed by atoms with Crippen LogP contribution in [0.3, 0.4) is 0 Å². The normalized spacial score (nSPS) is 23.3. The largest absolute Gasteiger partial charge is 0.493 e. The first-order valence-electron chi connectivity index (χ1n) is 7.10. The van der Waals surface area contributed by atoms with E-state index in [9.17, 15) is 4.79 Å². The lowest BCUT2D eigenvalue weighted by molar-refractivity contribution is -0.119. The van der Waals surface area contributed by atoms with Gasteiger partial charge in [0.05, 0.1) is 12.6 Å². The van der Waals surface area contributed by atoms with Crippen LogP contribution in [0, 0.1) is 0 Å². The molecule has 3 nitrogen and oxygen atoms in total. The number of ether oxygens (including phenoxy) is 1. The number of amides is 1. The molecule has 2 aliphatic heterocycles. The van der Waals surface area contributed by atoms with Crippen LogP contribution in [0.1, 0.15) is 30.9 Å². The number of carbonyl (C=O) groups is 1. The minimum atomic E-state index is 0.0556. The fraction of sp³-hybridized carbons (Fsp3) is 0.533. The van der Waals surface area contributed by atoms with Crippen molar-refractivity contribution < 1.29 is 9.53 Å². The van der Waals surface area contributed by atoms with Crippen LogP contribution in [0.15, 0.2) is 24.3 Å². The first kappa shape index (κ1) is 14.1. The predicted octanol–water partition coefficient (Wildman–Crippen LogP) is 3.21. The summed E-state index contributed by atoms with van der Waals surface area (Å²) in [4.78, 5) is 12.4. The van der Waals surface area contributed by atoms with Crippen molar-refractivity contribution in [1.29, 1.82) is 0 Å². The number of hydrogen-bond acceptors (Lipinski definition) is 4. The van der Waals surface area contributed by atoms with Gasteiger partial charge in [-0.3, -0.25) is 4.79 Å². The van der Waals surface area contributed by atoms with Crippen molar-refractivity contribution in [3.63, 3.8) is 0 Å². The highest BCUT2D eigenvalue weighted by Gasteiger charge is 2.27. The Morgan fingerprint density at radius 3 is 2.85 bits per heavy atom. The second-order valence-corrected chi connectivity index (χ2v) is 7.74. The van der Waals surface area contributed by atoms with Gasteiger partial charge in [-0.1, -0.05) is 18.2 Å². The summed E-state index contributed by atoms with van der Waals surface area (Å²) in [7, 11) is 0. The minimum absolute atomic E-state index is 0.0556. The molecule has 1 N–H and O–H groups in total. The van der Waals surface area contributed by atoms with Gasteiger partial charge in [0.2, 0.25) is 5.91 Å². The molecule has 1 aromatic carbocycles. The van der Waals surface area contributed by atoms with E-state index in [0.717, 1.165) is 42.3 Å². The van der Waals surface area contributed by atoms with E-state index in [0.29, 0.717) is 0 Å². The summed E-state index contributed by atoms with van der Waals surface area (Å²) >= 11 is 3.53. The Bertz CT molecular complexity index is 475. The van der Waals surface area contributed by atoms with Crippen molar-refractivity contribution in [1.82, 2.24) is 5.32 Å². The van der Waals surface area contributed by atoms with Crippen LogP contribution in [-0.2, 0) is 4.79 Å². The average Bonchev–Trinajstić information content (AvgIpc) is 2.71. The maximum Gasteiger partial charge on any atom is 0.243 e. The van der Waals surface area contributed by atoms with Gasteiger partial charge in [-0.15, -0.1) is 23.5 Å². The lowest BCUT2D eigenvalue weighted by Crippen LogP contribution is -2.35. The standard InChI is InChI=1S/C15H19NO2S2/c17-14(15-19-9-4-10-20-15)16-12-6-3-8-18-13-7-2-1-5-11(12)13/h1-2,5,7,12,15H,3-4,6,8-10H2,(H,16,17)/t12-/m1/s1. The number of para-hydroxylation sites is 1. The van der Waals surface area contributed by atoms with E-state index in [2.05, 4.69) is 11.4 Å². The second-order valence-electron chi connectivity index (χ2n) is 5.02. The molecule has 20 heavy (non-hydrogen) atoms. The predicted molar refractivity (Wildman–Crippen MR) is 85.4 cm³/mol. The highest BCUT2D eigenvalue weighted by molar-refractivity contribution is 8.18. The zero-order chi connectivity index (χ0) is 13.8. The van der Waals surface area contributed by atoms with E-state index in [4.69, 9.17) is 4.74 Å². The molecule has 1 fully saturated rings. The molecule has 108 valence electrons. The molecule has 1 amide bonds. The number of thioether (sulfide) groups is 2. The summed E-state index contributed by atoms with van der Waals surface area (Å²) in [5, 5.41) is 3.22. The Kier molecular flexibility index (Phi) is 4.78. The zero-order valence-corrected chi connectivity index (χ0v) is 13.0. The summed E-state index contributed by atoms with van der Waals surface area (Å²) < 4.78 is 5.80. The Hall–Kier alpha value is -0.810. The van der Waals surface area contributed by atoms with Crippen LogP contribution in [0.5, 0.6) is 5.75 Å². The topological polar surface area (TPSA) is 38.3 Å². The van der Waals surface area contributed by atoms with Gasteiger partial charge in [-0.2, -0.15) is 0 Å². The third-order valence-electron chi connectivity index (χ3n) is 3.55. The molecule has 0 saturated carbocycles. The molecule has 1 aromatic rings. The maximum absolute atomic E-state index is 12.4. The van der Waals surface area contributed by atoms with Crippen molar-refractivity contribution in [3.8, 4) is 5.75 Å². The summed E-state index contributed by atoms with van der Waals surface area (Å²) in [6.07, 6.45) is 3.13. The van der Waals surface area contributed by atoms with Gasteiger partial charge in [0.25, 0.3) is 0 Å². The molecule has 5 heteroatoms. The number of benzene rings is 1. The van der Waals surface area contributed by atoms with E-state index < -0.39 is 0 Å². The fourth-order valence-electron chi connectivity index (χ4n) is 2.55. The van der Waals surface area contributed by atoms with Crippen molar-refractivity contribution in [2.75, 3.05) is 18.1 Å². The van der Waals surface area contributed by atoms with Crippen molar-refractivity contribution >= 4 is 29.4 Å². The minimum Gasteiger partial charge on any atom is -0.493 e. The molecule has 2 heterocycles. The Morgan fingerprint density at radius 1 is 1.20 bits per heavy atom. The van der Waals surface area contributed by atoms with Gasteiger partial charge in [0.15, 0.2) is 0 Å². The number of carbonyl (C=O) groups excluding carboxylic acids is 1. The lowest BCUT2D eigenvalue weighted by Gasteiger charge is -2.24. The molecule has 3 rings (SSSR count). The Morgan fingerprint density at radius 2 is 2.00 bits per heavy atom. The van der Waals surface area contributed by atoms with E-state index in [1.165, 1.54) is 6.42 Å². The number of rotatable bonds is 2. The smallest absolute Gasteiger partial charge is 0.243 e. The molecule has 0 bridgehead atoms. The molecule has 2 aliphatic rings. The second kappa shape index (κ2) is 6.76. The molecule has 0 unspecified atom stereocenters. The van der Waals surface area contributed by atoms with Crippen LogP contribution < -0.4 is 10.1 Å². The third-order valence-corrected chi connectivity index (χ3v) is 6.45. The SMILES string of the molecule is O=C(N[C@@H]1CCCOc2ccccc21)C1SCCCS1. The van der Waals surface area contributed by atoms with Crippen molar-refractivity contribution in [2.45, 2.75) is 29.9 Å². The molecular formula is C15H19NO2S2. The molecule has 1 saturated heterocycles. The van der Waals surface area contributed by atoms with Crippen LogP contribution in [0.4, 0.5) is 0 Å². The van der Waals surface area contributed by atoms with Crippen LogP contribution in [0.25, 0.3) is 0 Å². The van der Waals surface area contributed by atoms with Crippen LogP contribution in [-0.4, -0.2) is 28.6 Å². The highest BCUT2D eigenvalue weighted by Crippen LogP contribution is 2.34. The van der Waals surface area contributed by atoms with Crippen molar-refractivity contribution in [3.05, 3.63) is 29.8 Å². The number of fused-ring (bicyclic) bond motifs is 1. The van der Waals surface area contributed by atoms with Crippen LogP contribution >= 0.6 is 23.5 Å². The molecule has 0 aliphatic carbocycles. The molecule has 0 aromatic heterocycles. The lowest BCUT2D eigenvalue weighted by atomic mass is 10.0. The van der Waals surface area contributed by atoms with Gasteiger partial charge in [0.1, 0.15) is 10.3 Å². The summed E-state index contributed by atoms with van der Waals surface area (Å²) in [6.45, 7) is 0.732. The molecule has 0 radical (unpaired) electrons. The third kappa shape index (κ3) is 3.26. The highest BCUT2D eigenvalue weighted by atomic mass is 32.2. The van der Waals surface area contributed by atoms with Gasteiger partial charge in [-0.25, -0.2) is 0 Å². The molecular weight excluding hydrogens is 290 g/mol. The maximum atomic E-state index is 12.4. The van der Waals surface area contributed by atoms with Gasteiger partial charge in [-0.05, 0) is 36.8 Å². The summed E-state index contributed by atoms with van der Waals surface area (Å²) in [6, 6.07) is 8.13. The summed E-state index contributed by atoms with van der Waals surface area (Å²) in [5.74, 6) is 3.27. The number of hydrogen-bond donors (Lipinski definition) is 1. The first-order valence-corrected chi connectivity index (χ1v) is 9.19. The van der Waals surface area contributed by atoms with Gasteiger partial charge < -0.3 is 10.1 Å².